The molecule has 3 atom stereocenters. The van der Waals surface area contributed by atoms with Crippen molar-refractivity contribution in [3.63, 3.8) is 0 Å². The minimum atomic E-state index is -0.936. The average Bonchev–Trinajstić information content (AvgIpc) is 2.54. The van der Waals surface area contributed by atoms with Gasteiger partial charge < -0.3 is 9.64 Å². The lowest BCUT2D eigenvalue weighted by Crippen LogP contribution is -2.51. The zero-order valence-corrected chi connectivity index (χ0v) is 15.0. The van der Waals surface area contributed by atoms with Crippen LogP contribution in [0.15, 0.2) is 18.2 Å². The molecule has 7 heteroatoms. The first-order valence-corrected chi connectivity index (χ1v) is 8.51. The van der Waals surface area contributed by atoms with Crippen LogP contribution in [0.3, 0.4) is 0 Å². The van der Waals surface area contributed by atoms with E-state index in [2.05, 4.69) is 0 Å². The van der Waals surface area contributed by atoms with Crippen LogP contribution < -0.4 is 0 Å². The summed E-state index contributed by atoms with van der Waals surface area (Å²) in [5, 5.41) is 11.0. The Balaban J connectivity index is 2.13. The van der Waals surface area contributed by atoms with Crippen molar-refractivity contribution in [1.29, 1.82) is 0 Å². The molecule has 1 fully saturated rings. The van der Waals surface area contributed by atoms with Gasteiger partial charge in [-0.1, -0.05) is 6.07 Å². The molecule has 0 spiro atoms. The van der Waals surface area contributed by atoms with Crippen LogP contribution in [0.25, 0.3) is 0 Å². The standard InChI is InChI=1S/C18H24N2O5/c1-11-7-5-8-12(2)19(11)17(21)14(4)25-18(22)15-9-6-10-16(13(15)3)20(23)24/h6,9-12,14H,5,7-8H2,1-4H3/t11-,12-,14+/m0/s1. The van der Waals surface area contributed by atoms with Crippen LogP contribution in [0, 0.1) is 17.0 Å². The van der Waals surface area contributed by atoms with Crippen LogP contribution in [0.2, 0.25) is 0 Å². The Bertz CT molecular complexity index is 678. The predicted octanol–water partition coefficient (Wildman–Crippen LogP) is 3.24. The number of amides is 1. The molecule has 1 aromatic rings. The highest BCUT2D eigenvalue weighted by Crippen LogP contribution is 2.25. The van der Waals surface area contributed by atoms with Crippen molar-refractivity contribution in [2.75, 3.05) is 0 Å². The lowest BCUT2D eigenvalue weighted by Gasteiger charge is -2.40. The van der Waals surface area contributed by atoms with Crippen molar-refractivity contribution in [1.82, 2.24) is 4.90 Å². The largest absolute Gasteiger partial charge is 0.449 e. The molecule has 0 bridgehead atoms. The first-order valence-electron chi connectivity index (χ1n) is 8.51. The van der Waals surface area contributed by atoms with E-state index < -0.39 is 17.0 Å². The molecule has 0 saturated carbocycles. The van der Waals surface area contributed by atoms with E-state index in [1.807, 2.05) is 13.8 Å². The van der Waals surface area contributed by atoms with E-state index in [9.17, 15) is 19.7 Å². The van der Waals surface area contributed by atoms with E-state index in [0.29, 0.717) is 0 Å². The van der Waals surface area contributed by atoms with Crippen LogP contribution >= 0.6 is 0 Å². The van der Waals surface area contributed by atoms with E-state index in [4.69, 9.17) is 4.74 Å². The molecular formula is C18H24N2O5. The summed E-state index contributed by atoms with van der Waals surface area (Å²) in [5.74, 6) is -0.949. The Kier molecular flexibility index (Phi) is 5.77. The Morgan fingerprint density at radius 3 is 2.44 bits per heavy atom. The molecule has 1 aromatic carbocycles. The molecule has 136 valence electrons. The van der Waals surface area contributed by atoms with Crippen molar-refractivity contribution in [2.45, 2.75) is 65.1 Å². The van der Waals surface area contributed by atoms with Crippen molar-refractivity contribution in [3.05, 3.63) is 39.4 Å². The molecule has 1 amide bonds. The lowest BCUT2D eigenvalue weighted by atomic mass is 9.97. The van der Waals surface area contributed by atoms with Gasteiger partial charge in [0.05, 0.1) is 10.5 Å². The second kappa shape index (κ2) is 7.63. The van der Waals surface area contributed by atoms with Gasteiger partial charge in [0.25, 0.3) is 11.6 Å². The predicted molar refractivity (Wildman–Crippen MR) is 92.3 cm³/mol. The molecule has 1 heterocycles. The van der Waals surface area contributed by atoms with Crippen molar-refractivity contribution in [2.24, 2.45) is 0 Å². The summed E-state index contributed by atoms with van der Waals surface area (Å²) in [7, 11) is 0. The number of esters is 1. The van der Waals surface area contributed by atoms with Gasteiger partial charge in [0.1, 0.15) is 0 Å². The topological polar surface area (TPSA) is 89.8 Å². The first-order chi connectivity index (χ1) is 11.7. The molecule has 0 aromatic heterocycles. The molecule has 7 nitrogen and oxygen atoms in total. The van der Waals surface area contributed by atoms with E-state index >= 15 is 0 Å². The number of ether oxygens (including phenoxy) is 1. The summed E-state index contributed by atoms with van der Waals surface area (Å²) in [6.45, 7) is 7.02. The Morgan fingerprint density at radius 1 is 1.28 bits per heavy atom. The molecule has 0 N–H and O–H groups in total. The molecule has 1 saturated heterocycles. The van der Waals surface area contributed by atoms with Gasteiger partial charge in [-0.15, -0.1) is 0 Å². The molecule has 1 aliphatic rings. The van der Waals surface area contributed by atoms with E-state index in [-0.39, 0.29) is 34.8 Å². The third-order valence-corrected chi connectivity index (χ3v) is 4.80. The minimum Gasteiger partial charge on any atom is -0.449 e. The number of rotatable bonds is 4. The Labute approximate surface area is 147 Å². The smallest absolute Gasteiger partial charge is 0.339 e. The average molecular weight is 348 g/mol. The minimum absolute atomic E-state index is 0.105. The van der Waals surface area contributed by atoms with E-state index in [1.54, 1.807) is 11.8 Å². The van der Waals surface area contributed by atoms with E-state index in [1.165, 1.54) is 25.1 Å². The highest BCUT2D eigenvalue weighted by atomic mass is 16.6. The Hall–Kier alpha value is -2.44. The summed E-state index contributed by atoms with van der Waals surface area (Å²) >= 11 is 0. The summed E-state index contributed by atoms with van der Waals surface area (Å²) in [5.41, 5.74) is 0.192. The third kappa shape index (κ3) is 3.97. The van der Waals surface area contributed by atoms with Gasteiger partial charge in [-0.05, 0) is 53.0 Å². The van der Waals surface area contributed by atoms with Crippen LogP contribution in [0.5, 0.6) is 0 Å². The molecule has 25 heavy (non-hydrogen) atoms. The van der Waals surface area contributed by atoms with Gasteiger partial charge in [0.15, 0.2) is 6.10 Å². The monoisotopic (exact) mass is 348 g/mol. The molecule has 0 unspecified atom stereocenters. The SMILES string of the molecule is Cc1c(C(=O)O[C@H](C)C(=O)N2[C@@H](C)CCC[C@@H]2C)cccc1[N+](=O)[O-]. The highest BCUT2D eigenvalue weighted by molar-refractivity contribution is 5.94. The first kappa shape index (κ1) is 18.9. The molecule has 0 radical (unpaired) electrons. The van der Waals surface area contributed by atoms with Crippen LogP contribution in [0.1, 0.15) is 56.0 Å². The van der Waals surface area contributed by atoms with Crippen LogP contribution in [-0.4, -0.2) is 39.9 Å². The van der Waals surface area contributed by atoms with Crippen molar-refractivity contribution < 1.29 is 19.2 Å². The number of carbonyl (C=O) groups is 2. The summed E-state index contributed by atoms with van der Waals surface area (Å²) in [4.78, 5) is 37.3. The fourth-order valence-corrected chi connectivity index (χ4v) is 3.38. The summed E-state index contributed by atoms with van der Waals surface area (Å²) in [6, 6.07) is 4.45. The van der Waals surface area contributed by atoms with Crippen molar-refractivity contribution in [3.8, 4) is 0 Å². The van der Waals surface area contributed by atoms with Gasteiger partial charge in [-0.25, -0.2) is 4.79 Å². The fraction of sp³-hybridized carbons (Fsp3) is 0.556. The van der Waals surface area contributed by atoms with Gasteiger partial charge in [0, 0.05) is 23.7 Å². The second-order valence-corrected chi connectivity index (χ2v) is 6.63. The maximum atomic E-state index is 12.7. The molecular weight excluding hydrogens is 324 g/mol. The zero-order chi connectivity index (χ0) is 18.7. The number of carbonyl (C=O) groups excluding carboxylic acids is 2. The lowest BCUT2D eigenvalue weighted by molar-refractivity contribution is -0.385. The summed E-state index contributed by atoms with van der Waals surface area (Å²) < 4.78 is 5.31. The van der Waals surface area contributed by atoms with E-state index in [0.717, 1.165) is 19.3 Å². The number of nitro groups is 1. The van der Waals surface area contributed by atoms with Crippen LogP contribution in [0.4, 0.5) is 5.69 Å². The summed E-state index contributed by atoms with van der Waals surface area (Å²) in [6.07, 6.45) is 2.00. The third-order valence-electron chi connectivity index (χ3n) is 4.80. The highest BCUT2D eigenvalue weighted by Gasteiger charge is 2.33. The number of likely N-dealkylation sites (tertiary alicyclic amines) is 1. The van der Waals surface area contributed by atoms with Crippen LogP contribution in [-0.2, 0) is 9.53 Å². The number of nitro benzene ring substituents is 1. The maximum Gasteiger partial charge on any atom is 0.339 e. The maximum absolute atomic E-state index is 12.7. The zero-order valence-electron chi connectivity index (χ0n) is 15.0. The number of hydrogen-bond acceptors (Lipinski definition) is 5. The van der Waals surface area contributed by atoms with Gasteiger partial charge in [-0.3, -0.25) is 14.9 Å². The normalized spacial score (nSPS) is 21.5. The fourth-order valence-electron chi connectivity index (χ4n) is 3.38. The van der Waals surface area contributed by atoms with Gasteiger partial charge >= 0.3 is 5.97 Å². The number of hydrogen-bond donors (Lipinski definition) is 0. The number of piperidine rings is 1. The number of benzene rings is 1. The quantitative estimate of drug-likeness (QED) is 0.473. The second-order valence-electron chi connectivity index (χ2n) is 6.63. The molecule has 2 rings (SSSR count). The number of nitrogens with zero attached hydrogens (tertiary/aromatic N) is 2. The van der Waals surface area contributed by atoms with Crippen molar-refractivity contribution >= 4 is 17.6 Å². The Morgan fingerprint density at radius 2 is 1.88 bits per heavy atom. The van der Waals surface area contributed by atoms with Gasteiger partial charge in [-0.2, -0.15) is 0 Å². The molecule has 0 aliphatic carbocycles. The molecule has 1 aliphatic heterocycles. The van der Waals surface area contributed by atoms with Gasteiger partial charge in [0.2, 0.25) is 0 Å².